The molecule has 1 aromatic rings. The van der Waals surface area contributed by atoms with Crippen LogP contribution in [-0.4, -0.2) is 49.0 Å². The van der Waals surface area contributed by atoms with Crippen molar-refractivity contribution in [3.8, 4) is 5.75 Å². The maximum Gasteiger partial charge on any atom is 0.422 e. The number of hydrogen-bond donors (Lipinski definition) is 1. The molecule has 0 aromatic heterocycles. The van der Waals surface area contributed by atoms with Crippen molar-refractivity contribution in [2.24, 2.45) is 4.99 Å². The molecule has 0 unspecified atom stereocenters. The van der Waals surface area contributed by atoms with Crippen LogP contribution in [0.15, 0.2) is 17.1 Å². The predicted molar refractivity (Wildman–Crippen MR) is 101 cm³/mol. The van der Waals surface area contributed by atoms with Crippen LogP contribution in [0.2, 0.25) is 0 Å². The number of rotatable bonds is 9. The topological polar surface area (TPSA) is 45.1 Å². The first-order chi connectivity index (χ1) is 12.1. The average molecular weight is 391 g/mol. The second-order valence-corrected chi connectivity index (χ2v) is 6.86. The van der Waals surface area contributed by atoms with Crippen LogP contribution in [0.1, 0.15) is 31.4 Å². The molecule has 1 rings (SSSR count). The molecule has 0 bridgehead atoms. The maximum absolute atomic E-state index is 13.7. The summed E-state index contributed by atoms with van der Waals surface area (Å²) in [5.74, 6) is 1.05. The largest absolute Gasteiger partial charge is 0.496 e. The highest BCUT2D eigenvalue weighted by Crippen LogP contribution is 2.46. The van der Waals surface area contributed by atoms with Gasteiger partial charge in [-0.15, -0.1) is 0 Å². The molecular weight excluding hydrogens is 365 g/mol. The third-order valence-electron chi connectivity index (χ3n) is 3.90. The molecule has 0 amide bonds. The first kappa shape index (κ1) is 22.5. The van der Waals surface area contributed by atoms with Crippen molar-refractivity contribution in [2.45, 2.75) is 39.0 Å². The smallest absolute Gasteiger partial charge is 0.422 e. The van der Waals surface area contributed by atoms with E-state index < -0.39 is 17.5 Å². The van der Waals surface area contributed by atoms with Crippen molar-refractivity contribution < 1.29 is 23.0 Å². The molecule has 0 fully saturated rings. The minimum atomic E-state index is -4.84. The summed E-state index contributed by atoms with van der Waals surface area (Å²) in [7, 11) is 3.12. The lowest BCUT2D eigenvalue weighted by Crippen LogP contribution is -2.45. The number of benzene rings is 1. The Hall–Kier alpha value is -1.54. The number of aliphatic hydroxyl groups is 1. The fourth-order valence-corrected chi connectivity index (χ4v) is 3.07. The first-order valence-electron chi connectivity index (χ1n) is 8.26. The van der Waals surface area contributed by atoms with Gasteiger partial charge in [-0.3, -0.25) is 0 Å². The van der Waals surface area contributed by atoms with Crippen LogP contribution < -0.4 is 4.74 Å². The lowest BCUT2D eigenvalue weighted by atomic mass is 9.92. The lowest BCUT2D eigenvalue weighted by Gasteiger charge is -2.31. The summed E-state index contributed by atoms with van der Waals surface area (Å²) in [6.07, 6.45) is -2.63. The Labute approximate surface area is 157 Å². The van der Waals surface area contributed by atoms with Crippen molar-refractivity contribution >= 4 is 23.8 Å². The van der Waals surface area contributed by atoms with Gasteiger partial charge in [-0.25, -0.2) is 4.99 Å². The molecule has 0 radical (unpaired) electrons. The van der Waals surface area contributed by atoms with Gasteiger partial charge in [0.15, 0.2) is 0 Å². The fraction of sp³-hybridized carbons (Fsp3) is 0.556. The van der Waals surface area contributed by atoms with E-state index in [1.54, 1.807) is 19.0 Å². The molecule has 0 heterocycles. The zero-order valence-electron chi connectivity index (χ0n) is 15.7. The van der Waals surface area contributed by atoms with Crippen LogP contribution in [-0.2, 0) is 5.60 Å². The van der Waals surface area contributed by atoms with E-state index in [0.29, 0.717) is 17.7 Å². The molecule has 0 aliphatic carbocycles. The average Bonchev–Trinajstić information content (AvgIpc) is 2.59. The monoisotopic (exact) mass is 391 g/mol. The van der Waals surface area contributed by atoms with Crippen molar-refractivity contribution in [1.82, 2.24) is 4.90 Å². The second-order valence-electron chi connectivity index (χ2n) is 5.90. The molecule has 1 aromatic carbocycles. The summed E-state index contributed by atoms with van der Waals surface area (Å²) < 4.78 is 46.2. The summed E-state index contributed by atoms with van der Waals surface area (Å²) in [6.45, 7) is 6.18. The van der Waals surface area contributed by atoms with Gasteiger partial charge in [0.2, 0.25) is 5.60 Å². The number of ether oxygens (including phenoxy) is 1. The fourth-order valence-electron chi connectivity index (χ4n) is 2.16. The van der Waals surface area contributed by atoms with E-state index in [0.717, 1.165) is 18.3 Å². The third kappa shape index (κ3) is 5.23. The number of aryl methyl sites for hydroxylation is 1. The van der Waals surface area contributed by atoms with E-state index in [4.69, 9.17) is 4.74 Å². The standard InChI is InChI=1S/C18H26F3N2O2S/c1-6-8-26-11-17(24,18(19,20)21)14-9-13(3)15(10-16(14)25-5)22-12-23(4)7-2/h8-10,12,24H,6-7,11H2,1-5H3/q+1/t17-/m0/s1. The van der Waals surface area contributed by atoms with Crippen LogP contribution >= 0.6 is 11.8 Å². The molecular formula is C18H26F3N2O2S+. The van der Waals surface area contributed by atoms with Gasteiger partial charge in [0, 0.05) is 25.2 Å². The third-order valence-corrected chi connectivity index (χ3v) is 5.06. The van der Waals surface area contributed by atoms with Crippen LogP contribution in [0.3, 0.4) is 0 Å². The van der Waals surface area contributed by atoms with Gasteiger partial charge in [0.25, 0.3) is 0 Å². The van der Waals surface area contributed by atoms with Crippen LogP contribution in [0, 0.1) is 12.7 Å². The van der Waals surface area contributed by atoms with Crippen LogP contribution in [0.5, 0.6) is 5.75 Å². The number of thioether (sulfide) groups is 1. The van der Waals surface area contributed by atoms with Gasteiger partial charge in [-0.1, -0.05) is 0 Å². The van der Waals surface area contributed by atoms with Gasteiger partial charge >= 0.3 is 6.18 Å². The van der Waals surface area contributed by atoms with Gasteiger partial charge in [-0.05, 0) is 32.4 Å². The van der Waals surface area contributed by atoms with Crippen molar-refractivity contribution in [3.63, 3.8) is 0 Å². The van der Waals surface area contributed by atoms with E-state index in [9.17, 15) is 18.3 Å². The summed E-state index contributed by atoms with van der Waals surface area (Å²) in [6, 6.07) is 2.73. The summed E-state index contributed by atoms with van der Waals surface area (Å²) in [5.41, 5.74) is -2.30. The zero-order valence-corrected chi connectivity index (χ0v) is 16.5. The second kappa shape index (κ2) is 9.41. The Balaban J connectivity index is 3.39. The first-order valence-corrected chi connectivity index (χ1v) is 9.31. The molecule has 8 heteroatoms. The SMILES string of the molecule is CC[CH+]SC[C@](O)(c1cc(C)c(N=CN(C)CC)cc1OC)C(F)(F)F. The molecule has 1 N–H and O–H groups in total. The Morgan fingerprint density at radius 2 is 2.00 bits per heavy atom. The minimum absolute atomic E-state index is 0.0428. The Kier molecular flexibility index (Phi) is 8.15. The molecule has 26 heavy (non-hydrogen) atoms. The van der Waals surface area contributed by atoms with E-state index in [-0.39, 0.29) is 11.3 Å². The molecule has 146 valence electrons. The molecule has 0 saturated carbocycles. The number of hydrogen-bond acceptors (Lipinski definition) is 4. The maximum atomic E-state index is 13.7. The normalized spacial score (nSPS) is 14.3. The zero-order chi connectivity index (χ0) is 20.0. The molecule has 4 nitrogen and oxygen atoms in total. The Bertz CT molecular complexity index is 623. The van der Waals surface area contributed by atoms with Crippen molar-refractivity contribution in [3.05, 3.63) is 29.0 Å². The predicted octanol–water partition coefficient (Wildman–Crippen LogP) is 4.67. The Morgan fingerprint density at radius 3 is 2.50 bits per heavy atom. The summed E-state index contributed by atoms with van der Waals surface area (Å²) in [4.78, 5) is 6.13. The van der Waals surface area contributed by atoms with E-state index in [1.807, 2.05) is 25.8 Å². The quantitative estimate of drug-likeness (QED) is 0.288. The van der Waals surface area contributed by atoms with Gasteiger partial charge in [-0.2, -0.15) is 13.2 Å². The number of alkyl halides is 3. The highest BCUT2D eigenvalue weighted by atomic mass is 32.2. The molecule has 0 saturated heterocycles. The Morgan fingerprint density at radius 1 is 1.35 bits per heavy atom. The number of aliphatic imine (C=N–C) groups is 1. The van der Waals surface area contributed by atoms with E-state index >= 15 is 0 Å². The van der Waals surface area contributed by atoms with E-state index in [1.165, 1.54) is 19.2 Å². The lowest BCUT2D eigenvalue weighted by molar-refractivity contribution is -0.256. The molecule has 0 spiro atoms. The number of methoxy groups -OCH3 is 1. The van der Waals surface area contributed by atoms with Crippen molar-refractivity contribution in [1.29, 1.82) is 0 Å². The molecule has 0 aliphatic heterocycles. The van der Waals surface area contributed by atoms with Gasteiger partial charge < -0.3 is 14.7 Å². The summed E-state index contributed by atoms with van der Waals surface area (Å²) >= 11 is 0.941. The minimum Gasteiger partial charge on any atom is -0.496 e. The molecule has 0 aliphatic rings. The highest BCUT2D eigenvalue weighted by molar-refractivity contribution is 8.01. The van der Waals surface area contributed by atoms with Crippen molar-refractivity contribution in [2.75, 3.05) is 26.5 Å². The van der Waals surface area contributed by atoms with Gasteiger partial charge in [0.05, 0.1) is 43.1 Å². The van der Waals surface area contributed by atoms with Crippen LogP contribution in [0.4, 0.5) is 18.9 Å². The van der Waals surface area contributed by atoms with Crippen LogP contribution in [0.25, 0.3) is 0 Å². The number of nitrogens with zero attached hydrogens (tertiary/aromatic N) is 2. The van der Waals surface area contributed by atoms with Gasteiger partial charge in [0.1, 0.15) is 11.5 Å². The summed E-state index contributed by atoms with van der Waals surface area (Å²) in [5, 5.41) is 10.5. The highest BCUT2D eigenvalue weighted by Gasteiger charge is 2.57. The van der Waals surface area contributed by atoms with E-state index in [2.05, 4.69) is 4.99 Å². The molecule has 1 atom stereocenters. The number of halogens is 3.